The summed E-state index contributed by atoms with van der Waals surface area (Å²) >= 11 is 1.55. The Morgan fingerprint density at radius 2 is 1.95 bits per heavy atom. The summed E-state index contributed by atoms with van der Waals surface area (Å²) in [4.78, 5) is 4.38. The van der Waals surface area contributed by atoms with Gasteiger partial charge in [-0.3, -0.25) is 0 Å². The van der Waals surface area contributed by atoms with Crippen molar-refractivity contribution >= 4 is 11.8 Å². The van der Waals surface area contributed by atoms with Crippen LogP contribution in [-0.4, -0.2) is 20.0 Å². The normalized spacial score (nSPS) is 12.5. The van der Waals surface area contributed by atoms with Crippen molar-refractivity contribution in [3.05, 3.63) is 53.7 Å². The Kier molecular flexibility index (Phi) is 3.79. The van der Waals surface area contributed by atoms with Crippen LogP contribution in [0, 0.1) is 13.8 Å². The summed E-state index contributed by atoms with van der Waals surface area (Å²) in [6.45, 7) is 5.93. The molecule has 1 aromatic carbocycles. The summed E-state index contributed by atoms with van der Waals surface area (Å²) in [6.07, 6.45) is 1.94. The number of hydrogen-bond acceptors (Lipinski definition) is 5. The summed E-state index contributed by atoms with van der Waals surface area (Å²) in [7, 11) is 0. The molecule has 0 saturated carbocycles. The average Bonchev–Trinajstić information content (AvgIpc) is 3.08. The summed E-state index contributed by atoms with van der Waals surface area (Å²) in [5.41, 5.74) is 2.83. The fourth-order valence-electron chi connectivity index (χ4n) is 1.88. The van der Waals surface area contributed by atoms with Crippen molar-refractivity contribution < 1.29 is 4.42 Å². The zero-order valence-electron chi connectivity index (χ0n) is 12.1. The third kappa shape index (κ3) is 3.00. The number of rotatable bonds is 4. The van der Waals surface area contributed by atoms with Crippen LogP contribution < -0.4 is 0 Å². The Morgan fingerprint density at radius 3 is 2.62 bits per heavy atom. The first-order valence-corrected chi connectivity index (χ1v) is 7.60. The van der Waals surface area contributed by atoms with Crippen LogP contribution in [0.25, 0.3) is 5.69 Å². The minimum absolute atomic E-state index is 0.125. The van der Waals surface area contributed by atoms with Crippen LogP contribution in [0.15, 0.2) is 46.2 Å². The molecule has 2 aromatic heterocycles. The summed E-state index contributed by atoms with van der Waals surface area (Å²) in [6, 6.07) is 9.93. The molecule has 1 atom stereocenters. The van der Waals surface area contributed by atoms with Crippen LogP contribution in [0.4, 0.5) is 0 Å². The predicted molar refractivity (Wildman–Crippen MR) is 81.6 cm³/mol. The van der Waals surface area contributed by atoms with Gasteiger partial charge in [0.05, 0.1) is 28.5 Å². The Bertz CT molecular complexity index is 716. The first-order valence-electron chi connectivity index (χ1n) is 6.72. The lowest BCUT2D eigenvalue weighted by molar-refractivity contribution is 0.430. The molecule has 0 N–H and O–H groups in total. The second kappa shape index (κ2) is 5.73. The van der Waals surface area contributed by atoms with E-state index >= 15 is 0 Å². The lowest BCUT2D eigenvalue weighted by Gasteiger charge is -2.03. The molecule has 0 bridgehead atoms. The van der Waals surface area contributed by atoms with Gasteiger partial charge in [0.2, 0.25) is 0 Å². The van der Waals surface area contributed by atoms with Crippen molar-refractivity contribution in [2.24, 2.45) is 0 Å². The summed E-state index contributed by atoms with van der Waals surface area (Å²) in [5, 5.41) is 9.21. The molecule has 0 spiro atoms. The van der Waals surface area contributed by atoms with Crippen molar-refractivity contribution in [3.8, 4) is 5.69 Å². The maximum Gasteiger partial charge on any atom is 0.256 e. The largest absolute Gasteiger partial charge is 0.437 e. The summed E-state index contributed by atoms with van der Waals surface area (Å²) in [5.74, 6) is 0.859. The van der Waals surface area contributed by atoms with E-state index in [2.05, 4.69) is 22.2 Å². The molecular formula is C15H16N4OS. The average molecular weight is 300 g/mol. The van der Waals surface area contributed by atoms with Gasteiger partial charge >= 0.3 is 0 Å². The van der Waals surface area contributed by atoms with E-state index in [0.29, 0.717) is 5.22 Å². The maximum atomic E-state index is 5.59. The van der Waals surface area contributed by atoms with E-state index in [0.717, 1.165) is 22.8 Å². The highest BCUT2D eigenvalue weighted by Crippen LogP contribution is 2.34. The highest BCUT2D eigenvalue weighted by atomic mass is 32.2. The van der Waals surface area contributed by atoms with Crippen LogP contribution in [0.3, 0.4) is 0 Å². The Morgan fingerprint density at radius 1 is 1.19 bits per heavy atom. The van der Waals surface area contributed by atoms with E-state index in [1.165, 1.54) is 0 Å². The van der Waals surface area contributed by atoms with E-state index in [-0.39, 0.29) is 5.25 Å². The van der Waals surface area contributed by atoms with Gasteiger partial charge in [0, 0.05) is 0 Å². The molecule has 0 fully saturated rings. The van der Waals surface area contributed by atoms with E-state index in [1.54, 1.807) is 16.4 Å². The third-order valence-electron chi connectivity index (χ3n) is 3.23. The van der Waals surface area contributed by atoms with Crippen LogP contribution in [0.1, 0.15) is 29.3 Å². The fourth-order valence-corrected chi connectivity index (χ4v) is 2.77. The highest BCUT2D eigenvalue weighted by Gasteiger charge is 2.16. The van der Waals surface area contributed by atoms with Crippen molar-refractivity contribution in [2.75, 3.05) is 0 Å². The van der Waals surface area contributed by atoms with Crippen LogP contribution in [0.2, 0.25) is 0 Å². The van der Waals surface area contributed by atoms with E-state index in [9.17, 15) is 0 Å². The Balaban J connectivity index is 1.76. The van der Waals surface area contributed by atoms with Crippen molar-refractivity contribution in [1.29, 1.82) is 0 Å². The molecule has 5 nitrogen and oxygen atoms in total. The first-order chi connectivity index (χ1) is 10.1. The van der Waals surface area contributed by atoms with E-state index < -0.39 is 0 Å². The fraction of sp³-hybridized carbons (Fsp3) is 0.267. The number of benzene rings is 1. The standard InChI is InChI=1S/C15H16N4OS/c1-10-11(2)20-15(16-10)21-12(3)14-9-19(18-17-14)13-7-5-4-6-8-13/h4-9,12H,1-3H3/t12-/m0/s1. The van der Waals surface area contributed by atoms with Crippen molar-refractivity contribution in [2.45, 2.75) is 31.2 Å². The van der Waals surface area contributed by atoms with Gasteiger partial charge in [0.25, 0.3) is 5.22 Å². The molecule has 108 valence electrons. The van der Waals surface area contributed by atoms with Crippen LogP contribution in [0.5, 0.6) is 0 Å². The van der Waals surface area contributed by atoms with Crippen molar-refractivity contribution in [1.82, 2.24) is 20.0 Å². The monoisotopic (exact) mass is 300 g/mol. The molecule has 0 radical (unpaired) electrons. The highest BCUT2D eigenvalue weighted by molar-refractivity contribution is 7.99. The molecule has 0 saturated heterocycles. The zero-order chi connectivity index (χ0) is 14.8. The number of aryl methyl sites for hydroxylation is 2. The molecule has 21 heavy (non-hydrogen) atoms. The van der Waals surface area contributed by atoms with E-state index in [4.69, 9.17) is 4.42 Å². The number of thioether (sulfide) groups is 1. The van der Waals surface area contributed by atoms with E-state index in [1.807, 2.05) is 50.4 Å². The predicted octanol–water partition coefficient (Wildman–Crippen LogP) is 3.73. The number of para-hydroxylation sites is 1. The van der Waals surface area contributed by atoms with Crippen LogP contribution >= 0.6 is 11.8 Å². The van der Waals surface area contributed by atoms with Gasteiger partial charge < -0.3 is 4.42 Å². The van der Waals surface area contributed by atoms with Gasteiger partial charge in [0.1, 0.15) is 5.76 Å². The second-order valence-electron chi connectivity index (χ2n) is 4.80. The molecule has 3 rings (SSSR count). The molecule has 3 aromatic rings. The molecular weight excluding hydrogens is 284 g/mol. The Hall–Kier alpha value is -2.08. The number of hydrogen-bond donors (Lipinski definition) is 0. The molecule has 0 aliphatic rings. The van der Waals surface area contributed by atoms with Gasteiger partial charge in [-0.2, -0.15) is 0 Å². The minimum Gasteiger partial charge on any atom is -0.437 e. The smallest absolute Gasteiger partial charge is 0.256 e. The third-order valence-corrected chi connectivity index (χ3v) is 4.21. The Labute approximate surface area is 127 Å². The van der Waals surface area contributed by atoms with Gasteiger partial charge in [-0.15, -0.1) is 5.10 Å². The SMILES string of the molecule is Cc1nc(S[C@@H](C)c2cn(-c3ccccc3)nn2)oc1C. The quantitative estimate of drug-likeness (QED) is 0.687. The molecule has 0 unspecified atom stereocenters. The molecule has 0 aliphatic heterocycles. The van der Waals surface area contributed by atoms with Crippen molar-refractivity contribution in [3.63, 3.8) is 0 Å². The topological polar surface area (TPSA) is 56.7 Å². The van der Waals surface area contributed by atoms with Gasteiger partial charge in [-0.1, -0.05) is 35.2 Å². The number of oxazole rings is 1. The molecule has 0 aliphatic carbocycles. The van der Waals surface area contributed by atoms with Crippen LogP contribution in [-0.2, 0) is 0 Å². The summed E-state index contributed by atoms with van der Waals surface area (Å²) < 4.78 is 7.37. The lowest BCUT2D eigenvalue weighted by Crippen LogP contribution is -1.93. The molecule has 6 heteroatoms. The maximum absolute atomic E-state index is 5.59. The minimum atomic E-state index is 0.125. The van der Waals surface area contributed by atoms with Gasteiger partial charge in [-0.25, -0.2) is 9.67 Å². The van der Waals surface area contributed by atoms with Gasteiger partial charge in [0.15, 0.2) is 0 Å². The molecule has 2 heterocycles. The second-order valence-corrected chi connectivity index (χ2v) is 6.10. The number of nitrogens with zero attached hydrogens (tertiary/aromatic N) is 4. The zero-order valence-corrected chi connectivity index (χ0v) is 13.0. The van der Waals surface area contributed by atoms with Gasteiger partial charge in [-0.05, 0) is 32.9 Å². The lowest BCUT2D eigenvalue weighted by atomic mass is 10.3. The molecule has 0 amide bonds. The first kappa shape index (κ1) is 13.9. The number of aromatic nitrogens is 4.